The van der Waals surface area contributed by atoms with Gasteiger partial charge in [-0.1, -0.05) is 13.3 Å². The van der Waals surface area contributed by atoms with Gasteiger partial charge < -0.3 is 10.1 Å². The number of rotatable bonds is 6. The number of sulfonamides is 1. The highest BCUT2D eigenvalue weighted by Gasteiger charge is 2.39. The Morgan fingerprint density at radius 1 is 1.28 bits per heavy atom. The van der Waals surface area contributed by atoms with Crippen LogP contribution in [0.4, 0.5) is 5.69 Å². The molecule has 3 rings (SSSR count). The molecule has 1 saturated carbocycles. The third-order valence-corrected chi connectivity index (χ3v) is 6.80. The second kappa shape index (κ2) is 7.33. The number of hydrogen-bond acceptors (Lipinski definition) is 4. The number of carbonyl (C=O) groups is 1. The van der Waals surface area contributed by atoms with E-state index in [-0.39, 0.29) is 16.7 Å². The maximum Gasteiger partial charge on any atom is 0.243 e. The average molecular weight is 366 g/mol. The van der Waals surface area contributed by atoms with Crippen molar-refractivity contribution >= 4 is 21.6 Å². The van der Waals surface area contributed by atoms with Gasteiger partial charge in [0, 0.05) is 19.0 Å². The molecule has 138 valence electrons. The van der Waals surface area contributed by atoms with E-state index in [0.717, 1.165) is 25.7 Å². The van der Waals surface area contributed by atoms with Crippen LogP contribution >= 0.6 is 0 Å². The highest BCUT2D eigenvalue weighted by Crippen LogP contribution is 2.39. The maximum atomic E-state index is 12.9. The smallest absolute Gasteiger partial charge is 0.243 e. The molecule has 2 aliphatic rings. The lowest BCUT2D eigenvalue weighted by Crippen LogP contribution is -2.35. The standard InChI is InChI=1S/C18H26N2O4S/c1-3-24-17-8-7-14(25(22,23)20-9-5-4-6-10-20)12-16(17)19-18(21)15-11-13(15)2/h7-8,12-13,15H,3-6,9-11H2,1-2H3,(H,19,21)/t13-,15-/m0/s1. The van der Waals surface area contributed by atoms with Crippen molar-refractivity contribution in [1.82, 2.24) is 4.31 Å². The molecule has 1 aliphatic heterocycles. The summed E-state index contributed by atoms with van der Waals surface area (Å²) in [5.74, 6) is 0.829. The minimum absolute atomic E-state index is 0.0110. The molecule has 0 radical (unpaired) electrons. The van der Waals surface area contributed by atoms with Crippen LogP contribution in [0.3, 0.4) is 0 Å². The zero-order valence-electron chi connectivity index (χ0n) is 14.8. The molecule has 0 aromatic heterocycles. The Balaban J connectivity index is 1.87. The van der Waals surface area contributed by atoms with Gasteiger partial charge in [-0.25, -0.2) is 8.42 Å². The highest BCUT2D eigenvalue weighted by molar-refractivity contribution is 7.89. The van der Waals surface area contributed by atoms with Gasteiger partial charge in [-0.2, -0.15) is 4.31 Å². The first-order valence-corrected chi connectivity index (χ1v) is 10.5. The zero-order chi connectivity index (χ0) is 18.0. The van der Waals surface area contributed by atoms with E-state index < -0.39 is 10.0 Å². The number of hydrogen-bond donors (Lipinski definition) is 1. The third-order valence-electron chi connectivity index (χ3n) is 4.91. The summed E-state index contributed by atoms with van der Waals surface area (Å²) in [6.45, 7) is 5.44. The van der Waals surface area contributed by atoms with Crippen LogP contribution in [-0.4, -0.2) is 38.3 Å². The Morgan fingerprint density at radius 3 is 2.56 bits per heavy atom. The molecule has 1 aromatic carbocycles. The fourth-order valence-corrected chi connectivity index (χ4v) is 4.76. The van der Waals surface area contributed by atoms with Crippen molar-refractivity contribution in [3.63, 3.8) is 0 Å². The van der Waals surface area contributed by atoms with Crippen LogP contribution in [0.15, 0.2) is 23.1 Å². The third kappa shape index (κ3) is 3.98. The van der Waals surface area contributed by atoms with E-state index in [1.165, 1.54) is 10.4 Å². The van der Waals surface area contributed by atoms with Gasteiger partial charge in [-0.3, -0.25) is 4.79 Å². The number of carbonyl (C=O) groups excluding carboxylic acids is 1. The minimum Gasteiger partial charge on any atom is -0.492 e. The summed E-state index contributed by atoms with van der Waals surface area (Å²) < 4.78 is 32.8. The van der Waals surface area contributed by atoms with Gasteiger partial charge in [0.05, 0.1) is 17.2 Å². The van der Waals surface area contributed by atoms with Gasteiger partial charge in [0.15, 0.2) is 0 Å². The van der Waals surface area contributed by atoms with Crippen molar-refractivity contribution in [2.75, 3.05) is 25.0 Å². The van der Waals surface area contributed by atoms with Gasteiger partial charge in [0.25, 0.3) is 0 Å². The first-order chi connectivity index (χ1) is 11.9. The molecule has 2 fully saturated rings. The number of benzene rings is 1. The molecular weight excluding hydrogens is 340 g/mol. The van der Waals surface area contributed by atoms with Crippen molar-refractivity contribution in [3.05, 3.63) is 18.2 Å². The fourth-order valence-electron chi connectivity index (χ4n) is 3.22. The molecular formula is C18H26N2O4S. The lowest BCUT2D eigenvalue weighted by atomic mass is 10.2. The molecule has 1 aromatic rings. The molecule has 1 amide bonds. The minimum atomic E-state index is -3.54. The van der Waals surface area contributed by atoms with Gasteiger partial charge >= 0.3 is 0 Å². The van der Waals surface area contributed by atoms with Crippen molar-refractivity contribution in [1.29, 1.82) is 0 Å². The molecule has 0 bridgehead atoms. The Bertz CT molecular complexity index is 741. The van der Waals surface area contributed by atoms with Crippen LogP contribution in [-0.2, 0) is 14.8 Å². The molecule has 25 heavy (non-hydrogen) atoms. The van der Waals surface area contributed by atoms with E-state index >= 15 is 0 Å². The number of nitrogens with one attached hydrogen (secondary N) is 1. The van der Waals surface area contributed by atoms with Gasteiger partial charge in [-0.05, 0) is 50.3 Å². The van der Waals surface area contributed by atoms with Crippen LogP contribution < -0.4 is 10.1 Å². The van der Waals surface area contributed by atoms with Crippen molar-refractivity contribution in [2.45, 2.75) is 44.4 Å². The highest BCUT2D eigenvalue weighted by atomic mass is 32.2. The molecule has 1 heterocycles. The first-order valence-electron chi connectivity index (χ1n) is 9.01. The molecule has 0 spiro atoms. The summed E-state index contributed by atoms with van der Waals surface area (Å²) in [7, 11) is -3.54. The van der Waals surface area contributed by atoms with Crippen molar-refractivity contribution < 1.29 is 17.9 Å². The number of amides is 1. The summed E-state index contributed by atoms with van der Waals surface area (Å²) in [5.41, 5.74) is 0.434. The number of anilines is 1. The number of piperidine rings is 1. The first kappa shape index (κ1) is 18.2. The Morgan fingerprint density at radius 2 is 1.96 bits per heavy atom. The van der Waals surface area contributed by atoms with Crippen LogP contribution in [0.25, 0.3) is 0 Å². The van der Waals surface area contributed by atoms with E-state index in [2.05, 4.69) is 5.32 Å². The Hall–Kier alpha value is -1.60. The number of nitrogens with zero attached hydrogens (tertiary/aromatic N) is 1. The lowest BCUT2D eigenvalue weighted by Gasteiger charge is -2.26. The Labute approximate surface area is 149 Å². The maximum absolute atomic E-state index is 12.9. The average Bonchev–Trinajstić information content (AvgIpc) is 3.34. The summed E-state index contributed by atoms with van der Waals surface area (Å²) in [4.78, 5) is 12.5. The summed E-state index contributed by atoms with van der Waals surface area (Å²) >= 11 is 0. The van der Waals surface area contributed by atoms with E-state index in [0.29, 0.717) is 37.1 Å². The molecule has 1 aliphatic carbocycles. The topological polar surface area (TPSA) is 75.7 Å². The monoisotopic (exact) mass is 366 g/mol. The molecule has 6 nitrogen and oxygen atoms in total. The molecule has 2 atom stereocenters. The van der Waals surface area contributed by atoms with Crippen LogP contribution in [0.2, 0.25) is 0 Å². The van der Waals surface area contributed by atoms with Crippen molar-refractivity contribution in [3.8, 4) is 5.75 Å². The lowest BCUT2D eigenvalue weighted by molar-refractivity contribution is -0.117. The molecule has 1 saturated heterocycles. The molecule has 1 N–H and O–H groups in total. The van der Waals surface area contributed by atoms with Crippen LogP contribution in [0.1, 0.15) is 39.5 Å². The van der Waals surface area contributed by atoms with E-state index in [9.17, 15) is 13.2 Å². The van der Waals surface area contributed by atoms with Crippen molar-refractivity contribution in [2.24, 2.45) is 11.8 Å². The second-order valence-electron chi connectivity index (χ2n) is 6.86. The van der Waals surface area contributed by atoms with Crippen LogP contribution in [0, 0.1) is 11.8 Å². The second-order valence-corrected chi connectivity index (χ2v) is 8.80. The van der Waals surface area contributed by atoms with E-state index in [1.54, 1.807) is 12.1 Å². The van der Waals surface area contributed by atoms with Crippen LogP contribution in [0.5, 0.6) is 5.75 Å². The van der Waals surface area contributed by atoms with E-state index in [4.69, 9.17) is 4.74 Å². The summed E-state index contributed by atoms with van der Waals surface area (Å²) in [5, 5.41) is 2.86. The summed E-state index contributed by atoms with van der Waals surface area (Å²) in [6.07, 6.45) is 3.72. The SMILES string of the molecule is CCOc1ccc(S(=O)(=O)N2CCCCC2)cc1NC(=O)[C@H]1C[C@@H]1C. The summed E-state index contributed by atoms with van der Waals surface area (Å²) in [6, 6.07) is 4.72. The number of ether oxygens (including phenoxy) is 1. The fraction of sp³-hybridized carbons (Fsp3) is 0.611. The largest absolute Gasteiger partial charge is 0.492 e. The van der Waals surface area contributed by atoms with Gasteiger partial charge in [-0.15, -0.1) is 0 Å². The van der Waals surface area contributed by atoms with E-state index in [1.807, 2.05) is 13.8 Å². The predicted molar refractivity (Wildman–Crippen MR) is 96.1 cm³/mol. The normalized spacial score (nSPS) is 23.9. The quantitative estimate of drug-likeness (QED) is 0.840. The zero-order valence-corrected chi connectivity index (χ0v) is 15.6. The molecule has 0 unspecified atom stereocenters. The van der Waals surface area contributed by atoms with Gasteiger partial charge in [0.1, 0.15) is 5.75 Å². The predicted octanol–water partition coefficient (Wildman–Crippen LogP) is 2.85. The van der Waals surface area contributed by atoms with Gasteiger partial charge in [0.2, 0.25) is 15.9 Å². The molecule has 7 heteroatoms. The Kier molecular flexibility index (Phi) is 5.34.